The SMILES string of the molecule is COc1ccc(N=C(SCC(=O)Nc2ccccc2C)c2c(O)n(C)c(=O)n(C)c2=O)cc1. The molecule has 1 amide bonds. The highest BCUT2D eigenvalue weighted by molar-refractivity contribution is 8.15. The molecule has 172 valence electrons. The number of rotatable bonds is 6. The predicted octanol–water partition coefficient (Wildman–Crippen LogP) is 2.56. The number of hydrogen-bond acceptors (Lipinski definition) is 7. The largest absolute Gasteiger partial charge is 0.497 e. The standard InChI is InChI=1S/C23H24N4O5S/c1-14-7-5-6-8-17(14)25-18(28)13-33-20(24-15-9-11-16(32-4)12-10-15)19-21(29)26(2)23(31)27(3)22(19)30/h5-12,29H,13H2,1-4H3,(H,25,28). The van der Waals surface area contributed by atoms with E-state index in [0.717, 1.165) is 26.5 Å². The number of nitrogens with zero attached hydrogens (tertiary/aromatic N) is 3. The fourth-order valence-electron chi connectivity index (χ4n) is 2.99. The molecule has 3 aromatic rings. The first-order valence-corrected chi connectivity index (χ1v) is 10.9. The van der Waals surface area contributed by atoms with Crippen LogP contribution in [-0.2, 0) is 18.9 Å². The van der Waals surface area contributed by atoms with Crippen LogP contribution in [0.25, 0.3) is 0 Å². The number of carbonyl (C=O) groups is 1. The first kappa shape index (κ1) is 23.9. The summed E-state index contributed by atoms with van der Waals surface area (Å²) in [7, 11) is 4.20. The van der Waals surface area contributed by atoms with Crippen LogP contribution in [0.4, 0.5) is 11.4 Å². The zero-order valence-corrected chi connectivity index (χ0v) is 19.5. The molecule has 9 nitrogen and oxygen atoms in total. The zero-order valence-electron chi connectivity index (χ0n) is 18.7. The van der Waals surface area contributed by atoms with Crippen LogP contribution in [0, 0.1) is 6.92 Å². The third-order valence-corrected chi connectivity index (χ3v) is 5.89. The lowest BCUT2D eigenvalue weighted by Crippen LogP contribution is -2.39. The summed E-state index contributed by atoms with van der Waals surface area (Å²) in [6.45, 7) is 1.88. The molecule has 33 heavy (non-hydrogen) atoms. The minimum Gasteiger partial charge on any atom is -0.497 e. The monoisotopic (exact) mass is 468 g/mol. The van der Waals surface area contributed by atoms with E-state index in [1.807, 2.05) is 25.1 Å². The summed E-state index contributed by atoms with van der Waals surface area (Å²) in [5.74, 6) is -0.281. The molecule has 0 saturated carbocycles. The maximum absolute atomic E-state index is 12.8. The minimum atomic E-state index is -0.713. The Balaban J connectivity index is 1.99. The Morgan fingerprint density at radius 3 is 2.39 bits per heavy atom. The van der Waals surface area contributed by atoms with Crippen molar-refractivity contribution in [3.05, 3.63) is 80.5 Å². The summed E-state index contributed by atoms with van der Waals surface area (Å²) < 4.78 is 6.98. The maximum atomic E-state index is 12.8. The molecule has 3 rings (SSSR count). The molecule has 0 aliphatic heterocycles. The first-order chi connectivity index (χ1) is 15.7. The van der Waals surface area contributed by atoms with Crippen LogP contribution in [-0.4, -0.2) is 38.1 Å². The van der Waals surface area contributed by atoms with Crippen molar-refractivity contribution in [3.63, 3.8) is 0 Å². The molecule has 0 fully saturated rings. The number of thioether (sulfide) groups is 1. The fourth-order valence-corrected chi connectivity index (χ4v) is 3.82. The van der Waals surface area contributed by atoms with Gasteiger partial charge in [-0.15, -0.1) is 0 Å². The summed E-state index contributed by atoms with van der Waals surface area (Å²) >= 11 is 0.982. The van der Waals surface area contributed by atoms with E-state index in [9.17, 15) is 19.5 Å². The number of aromatic nitrogens is 2. The average Bonchev–Trinajstić information content (AvgIpc) is 2.82. The van der Waals surface area contributed by atoms with E-state index in [2.05, 4.69) is 10.3 Å². The van der Waals surface area contributed by atoms with E-state index in [0.29, 0.717) is 17.1 Å². The fraction of sp³-hybridized carbons (Fsp3) is 0.217. The first-order valence-electron chi connectivity index (χ1n) is 9.93. The summed E-state index contributed by atoms with van der Waals surface area (Å²) in [5, 5.41) is 13.5. The van der Waals surface area contributed by atoms with Crippen LogP contribution in [0.1, 0.15) is 11.1 Å². The number of nitrogens with one attached hydrogen (secondary N) is 1. The van der Waals surface area contributed by atoms with Crippen molar-refractivity contribution in [1.82, 2.24) is 9.13 Å². The number of carbonyl (C=O) groups excluding carboxylic acids is 1. The molecule has 0 atom stereocenters. The normalized spacial score (nSPS) is 11.3. The number of aromatic hydroxyl groups is 1. The van der Waals surface area contributed by atoms with Gasteiger partial charge in [0.15, 0.2) is 0 Å². The van der Waals surface area contributed by atoms with Gasteiger partial charge in [0, 0.05) is 19.8 Å². The molecule has 0 unspecified atom stereocenters. The number of para-hydroxylation sites is 1. The second kappa shape index (κ2) is 10.2. The van der Waals surface area contributed by atoms with E-state index in [-0.39, 0.29) is 22.3 Å². The van der Waals surface area contributed by atoms with Gasteiger partial charge in [0.05, 0.1) is 18.6 Å². The molecule has 2 N–H and O–H groups in total. The van der Waals surface area contributed by atoms with Gasteiger partial charge < -0.3 is 15.2 Å². The van der Waals surface area contributed by atoms with Crippen molar-refractivity contribution in [3.8, 4) is 11.6 Å². The highest BCUT2D eigenvalue weighted by atomic mass is 32.2. The van der Waals surface area contributed by atoms with Gasteiger partial charge in [-0.25, -0.2) is 9.79 Å². The van der Waals surface area contributed by atoms with E-state index in [1.54, 1.807) is 37.4 Å². The summed E-state index contributed by atoms with van der Waals surface area (Å²) in [6.07, 6.45) is 0. The molecule has 2 aromatic carbocycles. The number of hydrogen-bond donors (Lipinski definition) is 2. The third-order valence-electron chi connectivity index (χ3n) is 4.91. The summed E-state index contributed by atoms with van der Waals surface area (Å²) in [6, 6.07) is 14.1. The van der Waals surface area contributed by atoms with Crippen molar-refractivity contribution < 1.29 is 14.6 Å². The quantitative estimate of drug-likeness (QED) is 0.424. The topological polar surface area (TPSA) is 115 Å². The van der Waals surface area contributed by atoms with Crippen LogP contribution < -0.4 is 21.3 Å². The minimum absolute atomic E-state index is 0.0746. The van der Waals surface area contributed by atoms with E-state index >= 15 is 0 Å². The van der Waals surface area contributed by atoms with Crippen LogP contribution in [0.2, 0.25) is 0 Å². The molecule has 0 radical (unpaired) electrons. The maximum Gasteiger partial charge on any atom is 0.333 e. The summed E-state index contributed by atoms with van der Waals surface area (Å²) in [4.78, 5) is 42.1. The van der Waals surface area contributed by atoms with Crippen molar-refractivity contribution in [1.29, 1.82) is 0 Å². The van der Waals surface area contributed by atoms with Gasteiger partial charge in [0.2, 0.25) is 11.8 Å². The Morgan fingerprint density at radius 2 is 1.76 bits per heavy atom. The smallest absolute Gasteiger partial charge is 0.333 e. The Morgan fingerprint density at radius 1 is 1.09 bits per heavy atom. The van der Waals surface area contributed by atoms with Gasteiger partial charge in [0.25, 0.3) is 5.56 Å². The molecule has 0 aliphatic carbocycles. The Kier molecular flexibility index (Phi) is 7.39. The van der Waals surface area contributed by atoms with Gasteiger partial charge in [-0.05, 0) is 42.8 Å². The molecule has 10 heteroatoms. The van der Waals surface area contributed by atoms with E-state index in [4.69, 9.17) is 4.74 Å². The highest BCUT2D eigenvalue weighted by Crippen LogP contribution is 2.25. The average molecular weight is 469 g/mol. The van der Waals surface area contributed by atoms with Crippen LogP contribution in [0.15, 0.2) is 63.1 Å². The molecule has 0 bridgehead atoms. The molecule has 0 aliphatic rings. The lowest BCUT2D eigenvalue weighted by Gasteiger charge is -2.13. The molecule has 1 heterocycles. The molecule has 1 aromatic heterocycles. The number of anilines is 1. The number of ether oxygens (including phenoxy) is 1. The lowest BCUT2D eigenvalue weighted by molar-refractivity contribution is -0.113. The van der Waals surface area contributed by atoms with Gasteiger partial charge >= 0.3 is 5.69 Å². The second-order valence-corrected chi connectivity index (χ2v) is 8.14. The van der Waals surface area contributed by atoms with Crippen molar-refractivity contribution in [2.45, 2.75) is 6.92 Å². The highest BCUT2D eigenvalue weighted by Gasteiger charge is 2.22. The predicted molar refractivity (Wildman–Crippen MR) is 130 cm³/mol. The molecular weight excluding hydrogens is 444 g/mol. The number of aryl methyl sites for hydroxylation is 1. The second-order valence-electron chi connectivity index (χ2n) is 7.17. The Labute approximate surface area is 194 Å². The van der Waals surface area contributed by atoms with Crippen molar-refractivity contribution in [2.24, 2.45) is 19.1 Å². The lowest BCUT2D eigenvalue weighted by atomic mass is 10.2. The van der Waals surface area contributed by atoms with Gasteiger partial charge in [-0.3, -0.25) is 18.7 Å². The number of amides is 1. The van der Waals surface area contributed by atoms with Gasteiger partial charge in [0.1, 0.15) is 16.4 Å². The number of methoxy groups -OCH3 is 1. The van der Waals surface area contributed by atoms with Crippen LogP contribution in [0.3, 0.4) is 0 Å². The molecule has 0 spiro atoms. The molecular formula is C23H24N4O5S. The number of aliphatic imine (C=N–C) groups is 1. The van der Waals surface area contributed by atoms with Gasteiger partial charge in [-0.2, -0.15) is 0 Å². The van der Waals surface area contributed by atoms with E-state index in [1.165, 1.54) is 14.1 Å². The van der Waals surface area contributed by atoms with Crippen molar-refractivity contribution in [2.75, 3.05) is 18.2 Å². The summed E-state index contributed by atoms with van der Waals surface area (Å²) in [5.41, 5.74) is 0.518. The van der Waals surface area contributed by atoms with E-state index < -0.39 is 17.1 Å². The zero-order chi connectivity index (χ0) is 24.1. The number of benzene rings is 2. The Bertz CT molecular complexity index is 1330. The van der Waals surface area contributed by atoms with Crippen LogP contribution >= 0.6 is 11.8 Å². The Hall–Kier alpha value is -3.79. The van der Waals surface area contributed by atoms with Gasteiger partial charge in [-0.1, -0.05) is 30.0 Å². The van der Waals surface area contributed by atoms with Crippen LogP contribution in [0.5, 0.6) is 11.6 Å². The third kappa shape index (κ3) is 5.35. The molecule has 0 saturated heterocycles. The van der Waals surface area contributed by atoms with Crippen molar-refractivity contribution >= 4 is 34.1 Å².